The lowest BCUT2D eigenvalue weighted by molar-refractivity contribution is 0.528. The van der Waals surface area contributed by atoms with E-state index in [1.54, 1.807) is 12.1 Å². The van der Waals surface area contributed by atoms with Crippen LogP contribution in [0.25, 0.3) is 0 Å². The van der Waals surface area contributed by atoms with Gasteiger partial charge in [0, 0.05) is 12.6 Å². The fourth-order valence-corrected chi connectivity index (χ4v) is 1.36. The maximum atomic E-state index is 8.67. The van der Waals surface area contributed by atoms with Gasteiger partial charge in [-0.2, -0.15) is 10.5 Å². The summed E-state index contributed by atoms with van der Waals surface area (Å²) in [5, 5.41) is 20.6. The summed E-state index contributed by atoms with van der Waals surface area (Å²) < 4.78 is 0. The predicted molar refractivity (Wildman–Crippen MR) is 62.4 cm³/mol. The number of hydrogen-bond donors (Lipinski definition) is 1. The van der Waals surface area contributed by atoms with Gasteiger partial charge in [0.25, 0.3) is 0 Å². The van der Waals surface area contributed by atoms with Crippen LogP contribution in [0.5, 0.6) is 0 Å². The second kappa shape index (κ2) is 5.90. The topological polar surface area (TPSA) is 59.6 Å². The summed E-state index contributed by atoms with van der Waals surface area (Å²) in [6, 6.07) is 12.0. The van der Waals surface area contributed by atoms with Crippen LogP contribution in [0.3, 0.4) is 0 Å². The summed E-state index contributed by atoms with van der Waals surface area (Å²) in [4.78, 5) is 0. The molecule has 0 radical (unpaired) electrons. The van der Waals surface area contributed by atoms with Gasteiger partial charge in [0.2, 0.25) is 0 Å². The van der Waals surface area contributed by atoms with E-state index in [1.165, 1.54) is 0 Å². The Kier molecular flexibility index (Phi) is 4.51. The highest BCUT2D eigenvalue weighted by Crippen LogP contribution is 2.13. The highest BCUT2D eigenvalue weighted by atomic mass is 14.9. The molecule has 0 saturated carbocycles. The largest absolute Gasteiger partial charge is 0.309 e. The van der Waals surface area contributed by atoms with Gasteiger partial charge in [0.15, 0.2) is 0 Å². The molecule has 0 spiro atoms. The Bertz CT molecular complexity index is 408. The van der Waals surface area contributed by atoms with Crippen molar-refractivity contribution in [2.24, 2.45) is 5.92 Å². The van der Waals surface area contributed by atoms with Gasteiger partial charge in [0.05, 0.1) is 23.6 Å². The van der Waals surface area contributed by atoms with Crippen LogP contribution in [0.4, 0.5) is 0 Å². The minimum absolute atomic E-state index is 0.0147. The molecule has 2 unspecified atom stereocenters. The lowest BCUT2D eigenvalue weighted by Crippen LogP contribution is -2.23. The first-order chi connectivity index (χ1) is 7.67. The Labute approximate surface area is 96.3 Å². The number of hydrogen-bond acceptors (Lipinski definition) is 3. The molecule has 3 heteroatoms. The van der Waals surface area contributed by atoms with Crippen molar-refractivity contribution < 1.29 is 0 Å². The molecule has 1 N–H and O–H groups in total. The maximum absolute atomic E-state index is 8.67. The molecule has 1 aromatic carbocycles. The van der Waals surface area contributed by atoms with E-state index in [-0.39, 0.29) is 12.0 Å². The number of nitriles is 2. The number of rotatable bonds is 4. The van der Waals surface area contributed by atoms with E-state index in [0.717, 1.165) is 5.56 Å². The van der Waals surface area contributed by atoms with Gasteiger partial charge in [-0.05, 0) is 31.5 Å². The van der Waals surface area contributed by atoms with Gasteiger partial charge in [-0.1, -0.05) is 12.1 Å². The van der Waals surface area contributed by atoms with E-state index in [2.05, 4.69) is 17.5 Å². The Morgan fingerprint density at radius 2 is 1.81 bits per heavy atom. The molecule has 0 bridgehead atoms. The van der Waals surface area contributed by atoms with Crippen LogP contribution in [0.15, 0.2) is 24.3 Å². The zero-order chi connectivity index (χ0) is 12.0. The van der Waals surface area contributed by atoms with E-state index < -0.39 is 0 Å². The molecule has 3 nitrogen and oxygen atoms in total. The first-order valence-corrected chi connectivity index (χ1v) is 5.30. The predicted octanol–water partition coefficient (Wildman–Crippen LogP) is 2.37. The third-order valence-electron chi connectivity index (χ3n) is 2.49. The van der Waals surface area contributed by atoms with Crippen molar-refractivity contribution in [3.63, 3.8) is 0 Å². The molecule has 2 atom stereocenters. The van der Waals surface area contributed by atoms with Gasteiger partial charge in [-0.15, -0.1) is 0 Å². The van der Waals surface area contributed by atoms with Gasteiger partial charge in [-0.25, -0.2) is 0 Å². The molecule has 1 rings (SSSR count). The standard InChI is InChI=1S/C13H15N3/c1-10(7-14)9-16-11(2)13-5-3-12(8-15)4-6-13/h3-6,10-11,16H,9H2,1-2H3. The normalized spacial score (nSPS) is 13.5. The summed E-state index contributed by atoms with van der Waals surface area (Å²) in [5.74, 6) is 0.0147. The maximum Gasteiger partial charge on any atom is 0.0991 e. The fourth-order valence-electron chi connectivity index (χ4n) is 1.36. The summed E-state index contributed by atoms with van der Waals surface area (Å²) in [6.07, 6.45) is 0. The van der Waals surface area contributed by atoms with Crippen molar-refractivity contribution >= 4 is 0 Å². The van der Waals surface area contributed by atoms with Crippen LogP contribution in [0.1, 0.15) is 31.0 Å². The molecule has 16 heavy (non-hydrogen) atoms. The number of nitrogens with zero attached hydrogens (tertiary/aromatic N) is 2. The Balaban J connectivity index is 2.57. The number of benzene rings is 1. The molecule has 82 valence electrons. The molecule has 0 aliphatic heterocycles. The average molecular weight is 213 g/mol. The van der Waals surface area contributed by atoms with E-state index in [9.17, 15) is 0 Å². The van der Waals surface area contributed by atoms with E-state index in [4.69, 9.17) is 10.5 Å². The second-order valence-electron chi connectivity index (χ2n) is 3.89. The molecular weight excluding hydrogens is 198 g/mol. The van der Waals surface area contributed by atoms with Gasteiger partial charge >= 0.3 is 0 Å². The van der Waals surface area contributed by atoms with Crippen LogP contribution >= 0.6 is 0 Å². The van der Waals surface area contributed by atoms with Gasteiger partial charge < -0.3 is 5.32 Å². The van der Waals surface area contributed by atoms with Gasteiger partial charge in [0.1, 0.15) is 0 Å². The summed E-state index contributed by atoms with van der Waals surface area (Å²) >= 11 is 0. The summed E-state index contributed by atoms with van der Waals surface area (Å²) in [5.41, 5.74) is 1.80. The molecule has 0 heterocycles. The first kappa shape index (κ1) is 12.2. The lowest BCUT2D eigenvalue weighted by atomic mass is 10.1. The minimum atomic E-state index is 0.0147. The Morgan fingerprint density at radius 3 is 2.31 bits per heavy atom. The van der Waals surface area contributed by atoms with Gasteiger partial charge in [-0.3, -0.25) is 0 Å². The quantitative estimate of drug-likeness (QED) is 0.835. The van der Waals surface area contributed by atoms with Crippen LogP contribution in [0.2, 0.25) is 0 Å². The summed E-state index contributed by atoms with van der Waals surface area (Å²) in [7, 11) is 0. The highest BCUT2D eigenvalue weighted by molar-refractivity contribution is 5.32. The van der Waals surface area contributed by atoms with Crippen LogP contribution in [0, 0.1) is 28.6 Å². The molecule has 0 amide bonds. The molecule has 0 aliphatic rings. The Hall–Kier alpha value is -1.84. The molecule has 0 aliphatic carbocycles. The third-order valence-corrected chi connectivity index (χ3v) is 2.49. The molecule has 0 aromatic heterocycles. The van der Waals surface area contributed by atoms with Crippen molar-refractivity contribution in [3.8, 4) is 12.1 Å². The van der Waals surface area contributed by atoms with E-state index in [1.807, 2.05) is 26.0 Å². The second-order valence-corrected chi connectivity index (χ2v) is 3.89. The van der Waals surface area contributed by atoms with Crippen molar-refractivity contribution in [1.82, 2.24) is 5.32 Å². The highest BCUT2D eigenvalue weighted by Gasteiger charge is 2.06. The first-order valence-electron chi connectivity index (χ1n) is 5.30. The van der Waals surface area contributed by atoms with Crippen molar-refractivity contribution in [2.75, 3.05) is 6.54 Å². The van der Waals surface area contributed by atoms with Crippen LogP contribution < -0.4 is 5.32 Å². The Morgan fingerprint density at radius 1 is 1.19 bits per heavy atom. The molecular formula is C13H15N3. The smallest absolute Gasteiger partial charge is 0.0991 e. The number of nitrogens with one attached hydrogen (secondary N) is 1. The molecule has 1 aromatic rings. The zero-order valence-electron chi connectivity index (χ0n) is 9.57. The fraction of sp³-hybridized carbons (Fsp3) is 0.385. The van der Waals surface area contributed by atoms with E-state index >= 15 is 0 Å². The van der Waals surface area contributed by atoms with Crippen LogP contribution in [-0.4, -0.2) is 6.54 Å². The van der Waals surface area contributed by atoms with Crippen LogP contribution in [-0.2, 0) is 0 Å². The van der Waals surface area contributed by atoms with Crippen molar-refractivity contribution in [2.45, 2.75) is 19.9 Å². The zero-order valence-corrected chi connectivity index (χ0v) is 9.57. The molecule has 0 fully saturated rings. The lowest BCUT2D eigenvalue weighted by Gasteiger charge is -2.14. The van der Waals surface area contributed by atoms with Crippen molar-refractivity contribution in [1.29, 1.82) is 10.5 Å². The molecule has 0 saturated heterocycles. The van der Waals surface area contributed by atoms with Crippen molar-refractivity contribution in [3.05, 3.63) is 35.4 Å². The summed E-state index contributed by atoms with van der Waals surface area (Å²) in [6.45, 7) is 4.61. The SMILES string of the molecule is CC(C#N)CNC(C)c1ccc(C#N)cc1. The average Bonchev–Trinajstić information content (AvgIpc) is 2.35. The van der Waals surface area contributed by atoms with E-state index in [0.29, 0.717) is 12.1 Å². The monoisotopic (exact) mass is 213 g/mol. The third kappa shape index (κ3) is 3.38. The minimum Gasteiger partial charge on any atom is -0.309 e.